The van der Waals surface area contributed by atoms with Crippen LogP contribution >= 0.6 is 0 Å². The lowest BCUT2D eigenvalue weighted by Gasteiger charge is -2.25. The first-order valence-corrected chi connectivity index (χ1v) is 14.8. The van der Waals surface area contributed by atoms with E-state index < -0.39 is 51.4 Å². The molecule has 2 fully saturated rings. The number of carbonyl (C=O) groups excluding carboxylic acids is 3. The fraction of sp³-hybridized carbons (Fsp3) is 0.692. The number of hydrogen-bond acceptors (Lipinski definition) is 6. The summed E-state index contributed by atoms with van der Waals surface area (Å²) >= 11 is 0. The van der Waals surface area contributed by atoms with Crippen LogP contribution in [0.5, 0.6) is 0 Å². The molecule has 1 saturated heterocycles. The van der Waals surface area contributed by atoms with Gasteiger partial charge in [-0.15, -0.1) is 0 Å². The Morgan fingerprint density at radius 3 is 2.49 bits per heavy atom. The number of rotatable bonds is 9. The van der Waals surface area contributed by atoms with Gasteiger partial charge in [-0.1, -0.05) is 33.1 Å². The van der Waals surface area contributed by atoms with Crippen molar-refractivity contribution in [1.82, 2.24) is 14.9 Å². The van der Waals surface area contributed by atoms with Gasteiger partial charge in [0.2, 0.25) is 11.8 Å². The van der Waals surface area contributed by atoms with Gasteiger partial charge in [0.25, 0.3) is 0 Å². The molecular formula is C26H40N4O6S. The highest BCUT2D eigenvalue weighted by molar-refractivity contribution is 7.89. The maximum absolute atomic E-state index is 13.2. The minimum Gasteiger partial charge on any atom is -0.618 e. The monoisotopic (exact) mass is 536 g/mol. The highest BCUT2D eigenvalue weighted by Gasteiger charge is 2.40. The number of pyridine rings is 1. The van der Waals surface area contributed by atoms with E-state index in [4.69, 9.17) is 0 Å². The lowest BCUT2D eigenvalue weighted by atomic mass is 9.86. The first-order valence-electron chi connectivity index (χ1n) is 13.3. The molecule has 2 aliphatic rings. The van der Waals surface area contributed by atoms with E-state index in [9.17, 15) is 28.0 Å². The van der Waals surface area contributed by atoms with Gasteiger partial charge in [-0.2, -0.15) is 9.04 Å². The highest BCUT2D eigenvalue weighted by atomic mass is 32.2. The number of ketones is 1. The van der Waals surface area contributed by atoms with E-state index >= 15 is 0 Å². The van der Waals surface area contributed by atoms with Gasteiger partial charge in [-0.05, 0) is 56.9 Å². The van der Waals surface area contributed by atoms with E-state index in [1.165, 1.54) is 24.6 Å². The molecule has 206 valence electrons. The maximum Gasteiger partial charge on any atom is 0.323 e. The predicted molar refractivity (Wildman–Crippen MR) is 138 cm³/mol. The zero-order chi connectivity index (χ0) is 27.2. The minimum absolute atomic E-state index is 0.140. The van der Waals surface area contributed by atoms with Crippen LogP contribution in [0.4, 0.5) is 0 Å². The summed E-state index contributed by atoms with van der Waals surface area (Å²) in [5.74, 6) is -0.563. The fourth-order valence-corrected chi connectivity index (χ4v) is 6.88. The van der Waals surface area contributed by atoms with Crippen molar-refractivity contribution in [2.75, 3.05) is 6.54 Å². The second kappa shape index (κ2) is 12.8. The molecule has 3 rings (SSSR count). The number of amides is 2. The molecule has 0 aromatic carbocycles. The largest absolute Gasteiger partial charge is 0.618 e. The van der Waals surface area contributed by atoms with Crippen LogP contribution < -0.4 is 15.4 Å². The molecule has 0 unspecified atom stereocenters. The van der Waals surface area contributed by atoms with Crippen molar-refractivity contribution in [2.45, 2.75) is 102 Å². The van der Waals surface area contributed by atoms with E-state index in [0.717, 1.165) is 36.2 Å². The summed E-state index contributed by atoms with van der Waals surface area (Å²) in [7, 11) is -4.22. The average molecular weight is 537 g/mol. The summed E-state index contributed by atoms with van der Waals surface area (Å²) in [6, 6.07) is 1.89. The summed E-state index contributed by atoms with van der Waals surface area (Å²) < 4.78 is 27.7. The molecule has 0 spiro atoms. The minimum atomic E-state index is -4.22. The third-order valence-corrected chi connectivity index (χ3v) is 9.25. The second-order valence-corrected chi connectivity index (χ2v) is 12.7. The number of nitrogens with zero attached hydrogens (tertiary/aromatic N) is 2. The molecule has 1 aliphatic heterocycles. The highest BCUT2D eigenvalue weighted by Crippen LogP contribution is 2.26. The van der Waals surface area contributed by atoms with E-state index in [-0.39, 0.29) is 23.0 Å². The Hall–Kier alpha value is -2.53. The van der Waals surface area contributed by atoms with Crippen molar-refractivity contribution in [3.05, 3.63) is 29.6 Å². The maximum atomic E-state index is 13.2. The zero-order valence-corrected chi connectivity index (χ0v) is 22.8. The molecule has 2 amide bonds. The fourth-order valence-electron chi connectivity index (χ4n) is 5.22. The molecule has 37 heavy (non-hydrogen) atoms. The van der Waals surface area contributed by atoms with Crippen molar-refractivity contribution in [3.8, 4) is 0 Å². The summed E-state index contributed by atoms with van der Waals surface area (Å²) in [5.41, 5.74) is 0. The van der Waals surface area contributed by atoms with Crippen molar-refractivity contribution >= 4 is 27.6 Å². The third-order valence-electron chi connectivity index (χ3n) is 7.30. The normalized spacial score (nSPS) is 22.9. The standard InChI is InChI=1S/C26H40N4O6S/c1-18(2)15-22(27-24(32)16-20-9-5-4-6-10-20)26(33)28-21-13-12-19(3)30(17-23(21)31)37(35,36)25-11-7-8-14-29(25)34/h7-8,11,14,18-22H,4-6,9-10,12-13,15-17H2,1-3H3,(H,27,32)(H,28,33)/t19-,21+,22+/m1/s1. The van der Waals surface area contributed by atoms with Gasteiger partial charge in [-0.25, -0.2) is 8.42 Å². The number of sulfonamides is 1. The van der Waals surface area contributed by atoms with E-state index in [1.54, 1.807) is 6.92 Å². The van der Waals surface area contributed by atoms with Crippen LogP contribution in [-0.4, -0.2) is 55.0 Å². The van der Waals surface area contributed by atoms with Crippen LogP contribution in [0, 0.1) is 17.0 Å². The van der Waals surface area contributed by atoms with Gasteiger partial charge in [0.15, 0.2) is 12.0 Å². The molecule has 2 heterocycles. The molecule has 11 heteroatoms. The Labute approximate surface area is 219 Å². The van der Waals surface area contributed by atoms with Gasteiger partial charge in [0.1, 0.15) is 6.04 Å². The first-order chi connectivity index (χ1) is 17.5. The quantitative estimate of drug-likeness (QED) is 0.366. The van der Waals surface area contributed by atoms with Crippen molar-refractivity contribution < 1.29 is 27.5 Å². The Morgan fingerprint density at radius 2 is 1.84 bits per heavy atom. The Morgan fingerprint density at radius 1 is 1.14 bits per heavy atom. The topological polar surface area (TPSA) is 140 Å². The zero-order valence-electron chi connectivity index (χ0n) is 22.0. The Kier molecular flexibility index (Phi) is 10.1. The van der Waals surface area contributed by atoms with Crippen LogP contribution in [0.2, 0.25) is 0 Å². The number of hydrogen-bond donors (Lipinski definition) is 2. The molecule has 1 saturated carbocycles. The number of nitrogens with one attached hydrogen (secondary N) is 2. The van der Waals surface area contributed by atoms with Crippen molar-refractivity contribution in [2.24, 2.45) is 11.8 Å². The summed E-state index contributed by atoms with van der Waals surface area (Å²) in [6.07, 6.45) is 8.01. The number of aromatic nitrogens is 1. The molecular weight excluding hydrogens is 496 g/mol. The van der Waals surface area contributed by atoms with Crippen molar-refractivity contribution in [3.63, 3.8) is 0 Å². The Bertz CT molecular complexity index is 1070. The number of Topliss-reactive ketones (excluding diaryl/α,β-unsaturated/α-hetero) is 1. The van der Waals surface area contributed by atoms with Gasteiger partial charge < -0.3 is 15.8 Å². The SMILES string of the molecule is CC(C)C[C@H](NC(=O)CC1CCCCC1)C(=O)N[C@H]1CC[C@@H](C)N(S(=O)(=O)c2cccc[n+]2[O-])CC1=O. The lowest BCUT2D eigenvalue weighted by Crippen LogP contribution is -2.53. The van der Waals surface area contributed by atoms with Gasteiger partial charge in [0, 0.05) is 24.6 Å². The van der Waals surface area contributed by atoms with Gasteiger partial charge in [-0.3, -0.25) is 14.4 Å². The predicted octanol–water partition coefficient (Wildman–Crippen LogP) is 2.05. The molecule has 1 aromatic heterocycles. The van der Waals surface area contributed by atoms with Crippen LogP contribution in [0.15, 0.2) is 29.4 Å². The molecule has 10 nitrogen and oxygen atoms in total. The van der Waals surface area contributed by atoms with Crippen molar-refractivity contribution in [1.29, 1.82) is 0 Å². The van der Waals surface area contributed by atoms with Crippen LogP contribution in [0.25, 0.3) is 0 Å². The first kappa shape index (κ1) is 29.0. The molecule has 0 radical (unpaired) electrons. The smallest absolute Gasteiger partial charge is 0.323 e. The van der Waals surface area contributed by atoms with Crippen LogP contribution in [0.1, 0.15) is 78.6 Å². The molecule has 1 aliphatic carbocycles. The summed E-state index contributed by atoms with van der Waals surface area (Å²) in [6.45, 7) is 5.15. The van der Waals surface area contributed by atoms with Crippen LogP contribution in [0.3, 0.4) is 0 Å². The van der Waals surface area contributed by atoms with E-state index in [1.807, 2.05) is 13.8 Å². The average Bonchev–Trinajstić information content (AvgIpc) is 2.98. The second-order valence-electron chi connectivity index (χ2n) is 10.8. The summed E-state index contributed by atoms with van der Waals surface area (Å²) in [4.78, 5) is 39.0. The molecule has 0 bridgehead atoms. The van der Waals surface area contributed by atoms with E-state index in [2.05, 4.69) is 10.6 Å². The molecule has 2 N–H and O–H groups in total. The van der Waals surface area contributed by atoms with Crippen LogP contribution in [-0.2, 0) is 24.4 Å². The Balaban J connectivity index is 1.67. The molecule has 1 aromatic rings. The van der Waals surface area contributed by atoms with E-state index in [0.29, 0.717) is 25.2 Å². The van der Waals surface area contributed by atoms with Gasteiger partial charge >= 0.3 is 15.0 Å². The number of carbonyl (C=O) groups is 3. The third kappa shape index (κ3) is 7.73. The van der Waals surface area contributed by atoms with Gasteiger partial charge in [0.05, 0.1) is 12.6 Å². The summed E-state index contributed by atoms with van der Waals surface area (Å²) in [5, 5.41) is 17.3. The molecule has 3 atom stereocenters. The lowest BCUT2D eigenvalue weighted by molar-refractivity contribution is -0.646.